The second-order valence-corrected chi connectivity index (χ2v) is 3.03. The lowest BCUT2D eigenvalue weighted by atomic mass is 10.1. The minimum atomic E-state index is -4.34. The molecule has 0 saturated carbocycles. The van der Waals surface area contributed by atoms with Crippen LogP contribution in [0.1, 0.15) is 50.2 Å². The first-order valence-corrected chi connectivity index (χ1v) is 5.84. The fraction of sp³-hybridized carbons (Fsp3) is 0.615. The van der Waals surface area contributed by atoms with Gasteiger partial charge in [-0.1, -0.05) is 27.7 Å². The molecule has 0 atom stereocenters. The van der Waals surface area contributed by atoms with E-state index in [1.54, 1.807) is 20.8 Å². The molecule has 0 saturated heterocycles. The van der Waals surface area contributed by atoms with Crippen LogP contribution >= 0.6 is 0 Å². The third kappa shape index (κ3) is 5.71. The van der Waals surface area contributed by atoms with Gasteiger partial charge in [0, 0.05) is 5.69 Å². The second-order valence-electron chi connectivity index (χ2n) is 3.03. The highest BCUT2D eigenvalue weighted by atomic mass is 19.4. The summed E-state index contributed by atoms with van der Waals surface area (Å²) in [6, 6.07) is 1.07. The highest BCUT2D eigenvalue weighted by Gasteiger charge is 2.32. The average Bonchev–Trinajstić information content (AvgIpc) is 2.29. The van der Waals surface area contributed by atoms with Crippen LogP contribution in [0.15, 0.2) is 6.07 Å². The lowest BCUT2D eigenvalue weighted by molar-refractivity contribution is -0.141. The maximum absolute atomic E-state index is 12.2. The zero-order valence-electron chi connectivity index (χ0n) is 11.7. The number of alkyl halides is 3. The summed E-state index contributed by atoms with van der Waals surface area (Å²) in [5.41, 5.74) is 1.06. The van der Waals surface area contributed by atoms with Gasteiger partial charge in [0.2, 0.25) is 0 Å². The van der Waals surface area contributed by atoms with E-state index in [4.69, 9.17) is 0 Å². The molecule has 1 aromatic rings. The summed E-state index contributed by atoms with van der Waals surface area (Å²) in [6.45, 7) is 13.0. The third-order valence-corrected chi connectivity index (χ3v) is 2.07. The quantitative estimate of drug-likeness (QED) is 0.625. The zero-order chi connectivity index (χ0) is 14.2. The van der Waals surface area contributed by atoms with E-state index in [2.05, 4.69) is 4.98 Å². The molecule has 100 valence electrons. The summed E-state index contributed by atoms with van der Waals surface area (Å²) in [5, 5.41) is 0. The fourth-order valence-electron chi connectivity index (χ4n) is 1.04. The Morgan fingerprint density at radius 2 is 1.35 bits per heavy atom. The normalized spacial score (nSPS) is 9.76. The number of pyridine rings is 1. The number of aryl methyl sites for hydroxylation is 2. The molecule has 1 rings (SSSR count). The van der Waals surface area contributed by atoms with Gasteiger partial charge in [-0.15, -0.1) is 0 Å². The Hall–Kier alpha value is -1.06. The van der Waals surface area contributed by atoms with Gasteiger partial charge >= 0.3 is 6.18 Å². The largest absolute Gasteiger partial charge is 0.433 e. The predicted octanol–water partition coefficient (Wildman–Crippen LogP) is 5.08. The van der Waals surface area contributed by atoms with Gasteiger partial charge in [0.05, 0.1) is 0 Å². The fourth-order valence-corrected chi connectivity index (χ4v) is 1.04. The van der Waals surface area contributed by atoms with Crippen LogP contribution in [-0.4, -0.2) is 4.98 Å². The van der Waals surface area contributed by atoms with Crippen LogP contribution in [0.25, 0.3) is 0 Å². The van der Waals surface area contributed by atoms with E-state index in [-0.39, 0.29) is 0 Å². The molecule has 0 N–H and O–H groups in total. The van der Waals surface area contributed by atoms with Gasteiger partial charge in [0.25, 0.3) is 0 Å². The van der Waals surface area contributed by atoms with Crippen molar-refractivity contribution in [1.29, 1.82) is 0 Å². The van der Waals surface area contributed by atoms with Crippen LogP contribution in [0.4, 0.5) is 13.2 Å². The van der Waals surface area contributed by atoms with Crippen molar-refractivity contribution in [3.05, 3.63) is 28.6 Å². The number of nitrogens with zero attached hydrogens (tertiary/aromatic N) is 1. The summed E-state index contributed by atoms with van der Waals surface area (Å²) >= 11 is 0. The first kappa shape index (κ1) is 18.3. The van der Waals surface area contributed by atoms with Gasteiger partial charge in [-0.2, -0.15) is 13.2 Å². The Kier molecular flexibility index (Phi) is 8.72. The van der Waals surface area contributed by atoms with Crippen molar-refractivity contribution in [2.75, 3.05) is 0 Å². The SMILES string of the molecule is CC.CC.Cc1cc(C(F)(F)F)nc(C)c1C. The van der Waals surface area contributed by atoms with Gasteiger partial charge in [-0.3, -0.25) is 0 Å². The van der Waals surface area contributed by atoms with Crippen LogP contribution in [0, 0.1) is 20.8 Å². The van der Waals surface area contributed by atoms with Crippen LogP contribution < -0.4 is 0 Å². The Balaban J connectivity index is 0. The number of hydrogen-bond acceptors (Lipinski definition) is 1. The topological polar surface area (TPSA) is 12.9 Å². The molecule has 0 aliphatic heterocycles. The number of hydrogen-bond donors (Lipinski definition) is 0. The molecule has 0 aliphatic rings. The van der Waals surface area contributed by atoms with Crippen molar-refractivity contribution in [1.82, 2.24) is 4.98 Å². The van der Waals surface area contributed by atoms with E-state index in [0.717, 1.165) is 11.6 Å². The molecule has 0 spiro atoms. The van der Waals surface area contributed by atoms with Crippen LogP contribution in [0.2, 0.25) is 0 Å². The van der Waals surface area contributed by atoms with Gasteiger partial charge < -0.3 is 0 Å². The zero-order valence-corrected chi connectivity index (χ0v) is 11.7. The predicted molar refractivity (Wildman–Crippen MR) is 66.1 cm³/mol. The summed E-state index contributed by atoms with van der Waals surface area (Å²) in [4.78, 5) is 3.48. The van der Waals surface area contributed by atoms with E-state index < -0.39 is 11.9 Å². The lowest BCUT2D eigenvalue weighted by Crippen LogP contribution is -2.10. The van der Waals surface area contributed by atoms with E-state index in [1.807, 2.05) is 27.7 Å². The van der Waals surface area contributed by atoms with Crippen molar-refractivity contribution in [2.24, 2.45) is 0 Å². The molecular weight excluding hydrogens is 227 g/mol. The second kappa shape index (κ2) is 8.09. The Bertz CT molecular complexity index is 307. The molecule has 17 heavy (non-hydrogen) atoms. The van der Waals surface area contributed by atoms with Crippen LogP contribution in [-0.2, 0) is 6.18 Å². The molecule has 0 unspecified atom stereocenters. The maximum atomic E-state index is 12.2. The minimum Gasteiger partial charge on any atom is -0.248 e. The van der Waals surface area contributed by atoms with Gasteiger partial charge in [-0.05, 0) is 38.0 Å². The minimum absolute atomic E-state index is 0.437. The Labute approximate surface area is 102 Å². The van der Waals surface area contributed by atoms with Crippen LogP contribution in [0.3, 0.4) is 0 Å². The standard InChI is InChI=1S/C9H10F3N.2C2H6/c1-5-4-8(9(10,11)12)13-7(3)6(5)2;2*1-2/h4H,1-3H3;2*1-2H3. The number of aromatic nitrogens is 1. The van der Waals surface area contributed by atoms with Crippen molar-refractivity contribution in [2.45, 2.75) is 54.6 Å². The van der Waals surface area contributed by atoms with Crippen molar-refractivity contribution in [3.63, 3.8) is 0 Å². The third-order valence-electron chi connectivity index (χ3n) is 2.07. The Morgan fingerprint density at radius 3 is 1.65 bits per heavy atom. The molecule has 0 fully saturated rings. The van der Waals surface area contributed by atoms with Gasteiger partial charge in [0.15, 0.2) is 0 Å². The molecule has 0 aliphatic carbocycles. The maximum Gasteiger partial charge on any atom is 0.433 e. The summed E-state index contributed by atoms with van der Waals surface area (Å²) < 4.78 is 36.7. The molecular formula is C13H22F3N. The monoisotopic (exact) mass is 249 g/mol. The van der Waals surface area contributed by atoms with E-state index in [0.29, 0.717) is 11.3 Å². The molecule has 0 radical (unpaired) electrons. The first-order valence-electron chi connectivity index (χ1n) is 5.84. The summed E-state index contributed by atoms with van der Waals surface area (Å²) in [7, 11) is 0. The van der Waals surface area contributed by atoms with E-state index in [9.17, 15) is 13.2 Å². The molecule has 0 aromatic carbocycles. The highest BCUT2D eigenvalue weighted by molar-refractivity contribution is 5.30. The molecule has 1 heterocycles. The van der Waals surface area contributed by atoms with E-state index in [1.165, 1.54) is 0 Å². The van der Waals surface area contributed by atoms with E-state index >= 15 is 0 Å². The first-order chi connectivity index (χ1) is 7.82. The molecule has 4 heteroatoms. The number of halogens is 3. The van der Waals surface area contributed by atoms with Crippen molar-refractivity contribution in [3.8, 4) is 0 Å². The van der Waals surface area contributed by atoms with Crippen LogP contribution in [0.5, 0.6) is 0 Å². The van der Waals surface area contributed by atoms with Gasteiger partial charge in [0.1, 0.15) is 5.69 Å². The summed E-state index contributed by atoms with van der Waals surface area (Å²) in [5.74, 6) is 0. The van der Waals surface area contributed by atoms with Crippen molar-refractivity contribution >= 4 is 0 Å². The lowest BCUT2D eigenvalue weighted by Gasteiger charge is -2.10. The smallest absolute Gasteiger partial charge is 0.248 e. The molecule has 1 nitrogen and oxygen atoms in total. The molecule has 0 bridgehead atoms. The molecule has 0 amide bonds. The Morgan fingerprint density at radius 1 is 0.941 bits per heavy atom. The average molecular weight is 249 g/mol. The van der Waals surface area contributed by atoms with Gasteiger partial charge in [-0.25, -0.2) is 4.98 Å². The van der Waals surface area contributed by atoms with Crippen molar-refractivity contribution < 1.29 is 13.2 Å². The highest BCUT2D eigenvalue weighted by Crippen LogP contribution is 2.29. The number of rotatable bonds is 0. The molecule has 1 aromatic heterocycles. The summed E-state index contributed by atoms with van der Waals surface area (Å²) in [6.07, 6.45) is -4.34.